The lowest BCUT2D eigenvalue weighted by Crippen LogP contribution is -2.57. The van der Waals surface area contributed by atoms with Gasteiger partial charge in [-0.25, -0.2) is 9.59 Å². The summed E-state index contributed by atoms with van der Waals surface area (Å²) in [6.45, 7) is 4.92. The van der Waals surface area contributed by atoms with Crippen molar-refractivity contribution in [2.75, 3.05) is 19.7 Å². The SMILES string of the molecule is CC(C)(C)OC(=O)NC1(C(=O)O)CCN(C(=O)COc2ccccc2)C1. The van der Waals surface area contributed by atoms with Crippen LogP contribution in [0.15, 0.2) is 30.3 Å². The van der Waals surface area contributed by atoms with E-state index >= 15 is 0 Å². The van der Waals surface area contributed by atoms with Gasteiger partial charge in [-0.15, -0.1) is 0 Å². The molecule has 2 rings (SSSR count). The highest BCUT2D eigenvalue weighted by molar-refractivity contribution is 5.87. The molecular formula is C18H24N2O6. The third kappa shape index (κ3) is 5.11. The number of carboxylic acids is 1. The summed E-state index contributed by atoms with van der Waals surface area (Å²) in [5.74, 6) is -0.998. The molecule has 2 N–H and O–H groups in total. The maximum absolute atomic E-state index is 12.3. The molecule has 1 unspecified atom stereocenters. The van der Waals surface area contributed by atoms with E-state index in [4.69, 9.17) is 9.47 Å². The molecule has 1 saturated heterocycles. The van der Waals surface area contributed by atoms with E-state index in [2.05, 4.69) is 5.32 Å². The summed E-state index contributed by atoms with van der Waals surface area (Å²) in [6, 6.07) is 8.86. The first-order chi connectivity index (χ1) is 12.1. The molecule has 0 aromatic heterocycles. The van der Waals surface area contributed by atoms with Gasteiger partial charge in [-0.2, -0.15) is 0 Å². The molecule has 2 amide bonds. The first-order valence-corrected chi connectivity index (χ1v) is 8.31. The average molecular weight is 364 g/mol. The van der Waals surface area contributed by atoms with Gasteiger partial charge in [0.05, 0.1) is 6.54 Å². The lowest BCUT2D eigenvalue weighted by molar-refractivity contribution is -0.144. The first-order valence-electron chi connectivity index (χ1n) is 8.31. The van der Waals surface area contributed by atoms with Crippen LogP contribution in [-0.4, -0.2) is 58.8 Å². The van der Waals surface area contributed by atoms with Gasteiger partial charge in [0, 0.05) is 13.0 Å². The third-order valence-electron chi connectivity index (χ3n) is 3.88. The van der Waals surface area contributed by atoms with Gasteiger partial charge >= 0.3 is 12.1 Å². The van der Waals surface area contributed by atoms with Gasteiger partial charge in [0.15, 0.2) is 12.1 Å². The van der Waals surface area contributed by atoms with Gasteiger partial charge in [0.1, 0.15) is 11.4 Å². The van der Waals surface area contributed by atoms with Crippen molar-refractivity contribution in [2.24, 2.45) is 0 Å². The van der Waals surface area contributed by atoms with E-state index in [1.54, 1.807) is 45.0 Å². The Balaban J connectivity index is 1.96. The van der Waals surface area contributed by atoms with Gasteiger partial charge in [0.2, 0.25) is 0 Å². The molecule has 26 heavy (non-hydrogen) atoms. The van der Waals surface area contributed by atoms with Gasteiger partial charge < -0.3 is 24.8 Å². The van der Waals surface area contributed by atoms with Crippen molar-refractivity contribution in [1.82, 2.24) is 10.2 Å². The van der Waals surface area contributed by atoms with Crippen LogP contribution >= 0.6 is 0 Å². The Kier molecular flexibility index (Phi) is 5.74. The maximum Gasteiger partial charge on any atom is 0.408 e. The van der Waals surface area contributed by atoms with Crippen LogP contribution in [0.25, 0.3) is 0 Å². The van der Waals surface area contributed by atoms with Crippen molar-refractivity contribution in [2.45, 2.75) is 38.3 Å². The number of ether oxygens (including phenoxy) is 2. The maximum atomic E-state index is 12.3. The summed E-state index contributed by atoms with van der Waals surface area (Å²) in [5.41, 5.74) is -2.31. The number of aliphatic carboxylic acids is 1. The highest BCUT2D eigenvalue weighted by Gasteiger charge is 2.48. The van der Waals surface area contributed by atoms with E-state index in [1.807, 2.05) is 6.07 Å². The number of amides is 2. The molecular weight excluding hydrogens is 340 g/mol. The molecule has 1 heterocycles. The van der Waals surface area contributed by atoms with E-state index in [0.717, 1.165) is 0 Å². The summed E-state index contributed by atoms with van der Waals surface area (Å²) >= 11 is 0. The quantitative estimate of drug-likeness (QED) is 0.823. The van der Waals surface area contributed by atoms with Gasteiger partial charge in [-0.1, -0.05) is 18.2 Å². The summed E-state index contributed by atoms with van der Waals surface area (Å²) in [7, 11) is 0. The number of para-hydroxylation sites is 1. The number of rotatable bonds is 5. The van der Waals surface area contributed by atoms with Crippen molar-refractivity contribution < 1.29 is 29.0 Å². The second kappa shape index (κ2) is 7.63. The Morgan fingerprint density at radius 3 is 2.46 bits per heavy atom. The monoisotopic (exact) mass is 364 g/mol. The van der Waals surface area contributed by atoms with Gasteiger partial charge in [-0.3, -0.25) is 4.79 Å². The highest BCUT2D eigenvalue weighted by Crippen LogP contribution is 2.23. The van der Waals surface area contributed by atoms with Crippen LogP contribution < -0.4 is 10.1 Å². The smallest absolute Gasteiger partial charge is 0.408 e. The molecule has 1 aliphatic heterocycles. The van der Waals surface area contributed by atoms with E-state index < -0.39 is 23.2 Å². The number of likely N-dealkylation sites (tertiary alicyclic amines) is 1. The topological polar surface area (TPSA) is 105 Å². The predicted octanol–water partition coefficient (Wildman–Crippen LogP) is 1.65. The molecule has 0 saturated carbocycles. The minimum absolute atomic E-state index is 0.0959. The Bertz CT molecular complexity index is 670. The molecule has 1 atom stereocenters. The largest absolute Gasteiger partial charge is 0.484 e. The van der Waals surface area contributed by atoms with Crippen LogP contribution in [0.5, 0.6) is 5.75 Å². The molecule has 1 fully saturated rings. The second-order valence-corrected chi connectivity index (χ2v) is 7.18. The fourth-order valence-corrected chi connectivity index (χ4v) is 2.60. The van der Waals surface area contributed by atoms with Crippen molar-refractivity contribution in [3.05, 3.63) is 30.3 Å². The van der Waals surface area contributed by atoms with Crippen molar-refractivity contribution in [1.29, 1.82) is 0 Å². The van der Waals surface area contributed by atoms with Gasteiger partial charge in [-0.05, 0) is 32.9 Å². The minimum Gasteiger partial charge on any atom is -0.484 e. The Labute approximate surface area is 152 Å². The summed E-state index contributed by atoms with van der Waals surface area (Å²) in [4.78, 5) is 37.4. The van der Waals surface area contributed by atoms with Crippen molar-refractivity contribution in [3.63, 3.8) is 0 Å². The van der Waals surface area contributed by atoms with Crippen molar-refractivity contribution >= 4 is 18.0 Å². The molecule has 142 valence electrons. The minimum atomic E-state index is -1.56. The number of nitrogens with zero attached hydrogens (tertiary/aromatic N) is 1. The molecule has 0 bridgehead atoms. The fourth-order valence-electron chi connectivity index (χ4n) is 2.60. The average Bonchev–Trinajstić information content (AvgIpc) is 2.97. The highest BCUT2D eigenvalue weighted by atomic mass is 16.6. The molecule has 0 spiro atoms. The number of benzene rings is 1. The molecule has 8 heteroatoms. The lowest BCUT2D eigenvalue weighted by Gasteiger charge is -2.28. The Morgan fingerprint density at radius 1 is 1.23 bits per heavy atom. The van der Waals surface area contributed by atoms with Crippen LogP contribution in [0.2, 0.25) is 0 Å². The number of carbonyl (C=O) groups excluding carboxylic acids is 2. The summed E-state index contributed by atoms with van der Waals surface area (Å²) in [5, 5.41) is 12.0. The summed E-state index contributed by atoms with van der Waals surface area (Å²) < 4.78 is 10.5. The van der Waals surface area contributed by atoms with E-state index in [1.165, 1.54) is 4.90 Å². The van der Waals surface area contributed by atoms with Crippen LogP contribution in [0.3, 0.4) is 0 Å². The van der Waals surface area contributed by atoms with E-state index in [9.17, 15) is 19.5 Å². The number of nitrogens with one attached hydrogen (secondary N) is 1. The zero-order valence-corrected chi connectivity index (χ0v) is 15.2. The molecule has 1 aromatic rings. The first kappa shape index (κ1) is 19.6. The molecule has 1 aliphatic rings. The van der Waals surface area contributed by atoms with E-state index in [0.29, 0.717) is 5.75 Å². The number of hydrogen-bond acceptors (Lipinski definition) is 5. The number of hydrogen-bond donors (Lipinski definition) is 2. The van der Waals surface area contributed by atoms with Crippen LogP contribution in [0.1, 0.15) is 27.2 Å². The Hall–Kier alpha value is -2.77. The molecule has 0 radical (unpaired) electrons. The fraction of sp³-hybridized carbons (Fsp3) is 0.500. The van der Waals surface area contributed by atoms with Crippen LogP contribution in [-0.2, 0) is 14.3 Å². The molecule has 0 aliphatic carbocycles. The Morgan fingerprint density at radius 2 is 1.88 bits per heavy atom. The number of carboxylic acid groups (broad SMARTS) is 1. The number of carbonyl (C=O) groups is 3. The summed E-state index contributed by atoms with van der Waals surface area (Å²) in [6.07, 6.45) is -0.728. The predicted molar refractivity (Wildman–Crippen MR) is 92.9 cm³/mol. The molecule has 1 aromatic carbocycles. The zero-order chi connectivity index (χ0) is 19.4. The van der Waals surface area contributed by atoms with Crippen molar-refractivity contribution in [3.8, 4) is 5.75 Å². The van der Waals surface area contributed by atoms with E-state index in [-0.39, 0.29) is 32.0 Å². The van der Waals surface area contributed by atoms with Gasteiger partial charge in [0.25, 0.3) is 5.91 Å². The zero-order valence-electron chi connectivity index (χ0n) is 15.2. The third-order valence-corrected chi connectivity index (χ3v) is 3.88. The van der Waals surface area contributed by atoms with Crippen LogP contribution in [0.4, 0.5) is 4.79 Å². The standard InChI is InChI=1S/C18H24N2O6/c1-17(2,3)26-16(24)19-18(15(22)23)9-10-20(12-18)14(21)11-25-13-7-5-4-6-8-13/h4-8H,9-12H2,1-3H3,(H,19,24)(H,22,23). The molecule has 8 nitrogen and oxygen atoms in total. The normalized spacial score (nSPS) is 19.7. The lowest BCUT2D eigenvalue weighted by atomic mass is 9.99. The van der Waals surface area contributed by atoms with Crippen LogP contribution in [0, 0.1) is 0 Å². The second-order valence-electron chi connectivity index (χ2n) is 7.18. The number of alkyl carbamates (subject to hydrolysis) is 1.